The minimum atomic E-state index is -0.347. The molecular formula is C6H9N3O2. The molecule has 0 N–H and O–H groups in total. The number of hydrogen-bond acceptors (Lipinski definition) is 3. The Morgan fingerprint density at radius 1 is 1.27 bits per heavy atom. The van der Waals surface area contributed by atoms with Crippen molar-refractivity contribution in [2.45, 2.75) is 6.92 Å². The van der Waals surface area contributed by atoms with E-state index < -0.39 is 0 Å². The Bertz CT molecular complexity index is 347. The van der Waals surface area contributed by atoms with Gasteiger partial charge in [0.25, 0.3) is 5.56 Å². The Hall–Kier alpha value is -1.39. The summed E-state index contributed by atoms with van der Waals surface area (Å²) in [5.41, 5.74) is 0.238. The van der Waals surface area contributed by atoms with Crippen LogP contribution in [0.1, 0.15) is 5.69 Å². The van der Waals surface area contributed by atoms with Crippen molar-refractivity contribution in [3.63, 3.8) is 0 Å². The van der Waals surface area contributed by atoms with E-state index in [2.05, 4.69) is 5.18 Å². The van der Waals surface area contributed by atoms with Crippen LogP contribution in [-0.2, 0) is 14.1 Å². The Kier molecular flexibility index (Phi) is 1.64. The van der Waals surface area contributed by atoms with Crippen LogP contribution in [0.5, 0.6) is 0 Å². The SMILES string of the molecule is Cc1c(N=O)c(=O)n(C)n1C. The van der Waals surface area contributed by atoms with Gasteiger partial charge in [-0.25, -0.2) is 0 Å². The van der Waals surface area contributed by atoms with Crippen LogP contribution in [0.2, 0.25) is 0 Å². The smallest absolute Gasteiger partial charge is 0.288 e. The topological polar surface area (TPSA) is 56.4 Å². The molecule has 0 aliphatic heterocycles. The first-order chi connectivity index (χ1) is 5.09. The van der Waals surface area contributed by atoms with Crippen LogP contribution >= 0.6 is 0 Å². The third-order valence-corrected chi connectivity index (χ3v) is 1.87. The van der Waals surface area contributed by atoms with Crippen molar-refractivity contribution in [3.05, 3.63) is 21.0 Å². The highest BCUT2D eigenvalue weighted by Gasteiger charge is 2.11. The number of nitroso groups, excluding NO2 is 1. The fourth-order valence-corrected chi connectivity index (χ4v) is 0.928. The molecular weight excluding hydrogens is 146 g/mol. The molecule has 1 rings (SSSR count). The molecule has 0 atom stereocenters. The zero-order chi connectivity index (χ0) is 8.59. The maximum Gasteiger partial charge on any atom is 0.296 e. The molecule has 0 saturated heterocycles. The summed E-state index contributed by atoms with van der Waals surface area (Å²) < 4.78 is 2.92. The van der Waals surface area contributed by atoms with Crippen LogP contribution in [0, 0.1) is 11.8 Å². The van der Waals surface area contributed by atoms with Gasteiger partial charge >= 0.3 is 0 Å². The largest absolute Gasteiger partial charge is 0.296 e. The van der Waals surface area contributed by atoms with Crippen LogP contribution in [0.25, 0.3) is 0 Å². The molecule has 5 nitrogen and oxygen atoms in total. The average molecular weight is 155 g/mol. The van der Waals surface area contributed by atoms with Crippen molar-refractivity contribution in [2.24, 2.45) is 19.3 Å². The van der Waals surface area contributed by atoms with E-state index in [4.69, 9.17) is 0 Å². The molecule has 0 spiro atoms. The maximum absolute atomic E-state index is 11.1. The lowest BCUT2D eigenvalue weighted by Crippen LogP contribution is -2.16. The third kappa shape index (κ3) is 0.886. The van der Waals surface area contributed by atoms with E-state index in [1.54, 1.807) is 25.7 Å². The standard InChI is InChI=1S/C6H9N3O2/c1-4-5(7-11)6(10)9(3)8(4)2/h1-3H3. The highest BCUT2D eigenvalue weighted by atomic mass is 16.3. The first-order valence-corrected chi connectivity index (χ1v) is 3.15. The second-order valence-corrected chi connectivity index (χ2v) is 2.38. The molecule has 0 aliphatic carbocycles. The summed E-state index contributed by atoms with van der Waals surface area (Å²) in [5.74, 6) is 0. The van der Waals surface area contributed by atoms with Gasteiger partial charge in [0.05, 0.1) is 5.69 Å². The minimum absolute atomic E-state index is 0.00463. The van der Waals surface area contributed by atoms with Gasteiger partial charge in [-0.3, -0.25) is 14.2 Å². The number of aromatic nitrogens is 2. The monoisotopic (exact) mass is 155 g/mol. The normalized spacial score (nSPS) is 10.1. The summed E-state index contributed by atoms with van der Waals surface area (Å²) in [7, 11) is 3.29. The lowest BCUT2D eigenvalue weighted by Gasteiger charge is -1.98. The Labute approximate surface area is 63.2 Å². The first kappa shape index (κ1) is 7.71. The summed E-state index contributed by atoms with van der Waals surface area (Å²) in [6.07, 6.45) is 0. The maximum atomic E-state index is 11.1. The van der Waals surface area contributed by atoms with Gasteiger partial charge in [-0.05, 0) is 12.1 Å². The van der Waals surface area contributed by atoms with Crippen molar-refractivity contribution in [2.75, 3.05) is 0 Å². The number of nitrogens with zero attached hydrogens (tertiary/aromatic N) is 3. The highest BCUT2D eigenvalue weighted by molar-refractivity contribution is 5.39. The summed E-state index contributed by atoms with van der Waals surface area (Å²) in [6, 6.07) is 0. The molecule has 0 aliphatic rings. The number of hydrogen-bond donors (Lipinski definition) is 0. The van der Waals surface area contributed by atoms with E-state index in [9.17, 15) is 9.70 Å². The molecule has 0 unspecified atom stereocenters. The first-order valence-electron chi connectivity index (χ1n) is 3.15. The number of rotatable bonds is 1. The zero-order valence-electron chi connectivity index (χ0n) is 6.66. The van der Waals surface area contributed by atoms with Gasteiger partial charge in [0.1, 0.15) is 0 Å². The van der Waals surface area contributed by atoms with Crippen LogP contribution in [0.15, 0.2) is 9.97 Å². The molecule has 0 radical (unpaired) electrons. The van der Waals surface area contributed by atoms with Gasteiger partial charge in [0, 0.05) is 14.1 Å². The van der Waals surface area contributed by atoms with E-state index in [1.807, 2.05) is 0 Å². The summed E-state index contributed by atoms with van der Waals surface area (Å²) in [5, 5.41) is 2.65. The molecule has 0 aromatic carbocycles. The van der Waals surface area contributed by atoms with Crippen LogP contribution < -0.4 is 5.56 Å². The lowest BCUT2D eigenvalue weighted by molar-refractivity contribution is 0.567. The molecule has 11 heavy (non-hydrogen) atoms. The van der Waals surface area contributed by atoms with E-state index in [1.165, 1.54) is 4.68 Å². The fourth-order valence-electron chi connectivity index (χ4n) is 0.928. The third-order valence-electron chi connectivity index (χ3n) is 1.87. The minimum Gasteiger partial charge on any atom is -0.288 e. The van der Waals surface area contributed by atoms with Gasteiger partial charge in [-0.1, -0.05) is 0 Å². The second kappa shape index (κ2) is 2.34. The van der Waals surface area contributed by atoms with Crippen molar-refractivity contribution in [3.8, 4) is 0 Å². The molecule has 1 aromatic heterocycles. The molecule has 0 saturated carbocycles. The molecule has 1 heterocycles. The van der Waals surface area contributed by atoms with Crippen molar-refractivity contribution < 1.29 is 0 Å². The molecule has 1 aromatic rings. The second-order valence-electron chi connectivity index (χ2n) is 2.38. The highest BCUT2D eigenvalue weighted by Crippen LogP contribution is 2.10. The van der Waals surface area contributed by atoms with Gasteiger partial charge in [0.2, 0.25) is 0 Å². The van der Waals surface area contributed by atoms with Crippen molar-refractivity contribution >= 4 is 5.69 Å². The Morgan fingerprint density at radius 3 is 2.00 bits per heavy atom. The summed E-state index contributed by atoms with van der Waals surface area (Å²) >= 11 is 0. The van der Waals surface area contributed by atoms with Gasteiger partial charge in [-0.15, -0.1) is 4.91 Å². The van der Waals surface area contributed by atoms with Gasteiger partial charge in [-0.2, -0.15) is 0 Å². The van der Waals surface area contributed by atoms with Gasteiger partial charge < -0.3 is 0 Å². The molecule has 5 heteroatoms. The van der Waals surface area contributed by atoms with E-state index >= 15 is 0 Å². The quantitative estimate of drug-likeness (QED) is 0.552. The summed E-state index contributed by atoms with van der Waals surface area (Å²) in [4.78, 5) is 21.2. The molecule has 60 valence electrons. The van der Waals surface area contributed by atoms with E-state index in [-0.39, 0.29) is 11.2 Å². The average Bonchev–Trinajstić information content (AvgIpc) is 2.17. The Morgan fingerprint density at radius 2 is 1.82 bits per heavy atom. The van der Waals surface area contributed by atoms with Crippen LogP contribution in [0.3, 0.4) is 0 Å². The molecule has 0 amide bonds. The molecule has 0 bridgehead atoms. The Balaban J connectivity index is 3.61. The predicted octanol–water partition coefficient (Wildman–Crippen LogP) is 0.430. The van der Waals surface area contributed by atoms with Crippen molar-refractivity contribution in [1.82, 2.24) is 9.36 Å². The van der Waals surface area contributed by atoms with Gasteiger partial charge in [0.15, 0.2) is 5.69 Å². The fraction of sp³-hybridized carbons (Fsp3) is 0.500. The predicted molar refractivity (Wildman–Crippen MR) is 40.8 cm³/mol. The van der Waals surface area contributed by atoms with E-state index in [0.717, 1.165) is 0 Å². The van der Waals surface area contributed by atoms with E-state index in [0.29, 0.717) is 5.69 Å². The van der Waals surface area contributed by atoms with Crippen molar-refractivity contribution in [1.29, 1.82) is 0 Å². The zero-order valence-corrected chi connectivity index (χ0v) is 6.66. The summed E-state index contributed by atoms with van der Waals surface area (Å²) in [6.45, 7) is 1.68. The lowest BCUT2D eigenvalue weighted by atomic mass is 10.4. The van der Waals surface area contributed by atoms with Crippen LogP contribution in [0.4, 0.5) is 5.69 Å². The van der Waals surface area contributed by atoms with Crippen LogP contribution in [-0.4, -0.2) is 9.36 Å². The molecule has 0 fully saturated rings.